The third-order valence-corrected chi connectivity index (χ3v) is 4.17. The number of primary sulfonamides is 1. The van der Waals surface area contributed by atoms with Gasteiger partial charge in [-0.2, -0.15) is 0 Å². The smallest absolute Gasteiger partial charge is 0.238 e. The van der Waals surface area contributed by atoms with Crippen molar-refractivity contribution >= 4 is 40.0 Å². The van der Waals surface area contributed by atoms with Crippen molar-refractivity contribution < 1.29 is 8.42 Å². The van der Waals surface area contributed by atoms with Gasteiger partial charge in [0.2, 0.25) is 10.0 Å². The number of halogens is 1. The third kappa shape index (κ3) is 5.58. The van der Waals surface area contributed by atoms with Crippen molar-refractivity contribution in [1.29, 1.82) is 0 Å². The Bertz CT molecular complexity index is 651. The Morgan fingerprint density at radius 1 is 1.36 bits per heavy atom. The molecule has 0 aromatic heterocycles. The van der Waals surface area contributed by atoms with E-state index in [1.165, 1.54) is 6.07 Å². The average molecular weight is 436 g/mol. The summed E-state index contributed by atoms with van der Waals surface area (Å²) in [4.78, 5) is 4.28. The molecule has 0 heterocycles. The number of benzene rings is 1. The van der Waals surface area contributed by atoms with Crippen LogP contribution in [0.1, 0.15) is 18.4 Å². The molecule has 0 amide bonds. The van der Waals surface area contributed by atoms with Gasteiger partial charge in [-0.25, -0.2) is 13.6 Å². The lowest BCUT2D eigenvalue weighted by molar-refractivity contribution is 0.597. The Morgan fingerprint density at radius 3 is 2.64 bits per heavy atom. The van der Waals surface area contributed by atoms with Crippen molar-refractivity contribution in [1.82, 2.24) is 10.6 Å². The van der Waals surface area contributed by atoms with Gasteiger partial charge in [0.15, 0.2) is 5.96 Å². The Labute approximate surface area is 148 Å². The molecule has 2 rings (SSSR count). The predicted octanol–water partition coefficient (Wildman–Crippen LogP) is 1.34. The number of nitrogens with zero attached hydrogens (tertiary/aromatic N) is 1. The van der Waals surface area contributed by atoms with Gasteiger partial charge < -0.3 is 10.6 Å². The minimum Gasteiger partial charge on any atom is -0.353 e. The lowest BCUT2D eigenvalue weighted by Gasteiger charge is -2.17. The lowest BCUT2D eigenvalue weighted by Crippen LogP contribution is -2.42. The number of aliphatic imine (C=N–C) groups is 1. The summed E-state index contributed by atoms with van der Waals surface area (Å²) in [7, 11) is -1.96. The summed E-state index contributed by atoms with van der Waals surface area (Å²) >= 11 is 0. The zero-order chi connectivity index (χ0) is 15.3. The first-order chi connectivity index (χ1) is 9.99. The number of nitrogens with two attached hydrogens (primary N) is 1. The Hall–Kier alpha value is -1.13. The summed E-state index contributed by atoms with van der Waals surface area (Å²) in [5.41, 5.74) is 0.828. The van der Waals surface area contributed by atoms with Crippen molar-refractivity contribution in [3.63, 3.8) is 0 Å². The Kier molecular flexibility index (Phi) is 7.30. The van der Waals surface area contributed by atoms with Crippen LogP contribution in [0.25, 0.3) is 0 Å². The van der Waals surface area contributed by atoms with Gasteiger partial charge in [0.05, 0.1) is 4.90 Å². The molecule has 0 aliphatic heterocycles. The molecule has 0 atom stereocenters. The van der Waals surface area contributed by atoms with Crippen LogP contribution in [-0.4, -0.2) is 27.5 Å². The van der Waals surface area contributed by atoms with Crippen LogP contribution in [0, 0.1) is 0 Å². The second kappa shape index (κ2) is 8.49. The molecule has 1 aromatic carbocycles. The van der Waals surface area contributed by atoms with Crippen LogP contribution in [0.2, 0.25) is 0 Å². The fraction of sp³-hybridized carbons (Fsp3) is 0.357. The van der Waals surface area contributed by atoms with Gasteiger partial charge in [0, 0.05) is 19.6 Å². The number of hydrogen-bond acceptors (Lipinski definition) is 3. The predicted molar refractivity (Wildman–Crippen MR) is 98.7 cm³/mol. The van der Waals surface area contributed by atoms with E-state index in [4.69, 9.17) is 5.14 Å². The Balaban J connectivity index is 0.00000242. The molecule has 1 aliphatic carbocycles. The standard InChI is InChI=1S/C14H20N4O2S.HI/c1-16-14(18-12-6-2-3-7-12)17-10-11-5-4-8-13(9-11)21(15,19)20;/h2-5,8-9,12H,6-7,10H2,1H3,(H2,15,19,20)(H2,16,17,18);1H. The molecular formula is C14H21IN4O2S. The van der Waals surface area contributed by atoms with Crippen LogP contribution in [0.4, 0.5) is 0 Å². The SMILES string of the molecule is CN=C(NCc1cccc(S(N)(=O)=O)c1)NC1CC=CC1.I. The van der Waals surface area contributed by atoms with E-state index in [0.717, 1.165) is 18.4 Å². The van der Waals surface area contributed by atoms with Crippen molar-refractivity contribution in [2.45, 2.75) is 30.3 Å². The normalized spacial score (nSPS) is 15.5. The molecule has 122 valence electrons. The van der Waals surface area contributed by atoms with Gasteiger partial charge in [-0.15, -0.1) is 24.0 Å². The van der Waals surface area contributed by atoms with E-state index < -0.39 is 10.0 Å². The average Bonchev–Trinajstić information content (AvgIpc) is 2.95. The van der Waals surface area contributed by atoms with Crippen LogP contribution in [0.15, 0.2) is 46.3 Å². The number of hydrogen-bond donors (Lipinski definition) is 3. The van der Waals surface area contributed by atoms with Crippen LogP contribution < -0.4 is 15.8 Å². The van der Waals surface area contributed by atoms with Gasteiger partial charge in [-0.3, -0.25) is 4.99 Å². The van der Waals surface area contributed by atoms with E-state index in [-0.39, 0.29) is 28.9 Å². The van der Waals surface area contributed by atoms with Crippen molar-refractivity contribution in [2.75, 3.05) is 7.05 Å². The Morgan fingerprint density at radius 2 is 2.05 bits per heavy atom. The molecule has 0 unspecified atom stereocenters. The molecule has 0 radical (unpaired) electrons. The van der Waals surface area contributed by atoms with Gasteiger partial charge in [-0.05, 0) is 30.5 Å². The molecule has 4 N–H and O–H groups in total. The van der Waals surface area contributed by atoms with Gasteiger partial charge in [0.25, 0.3) is 0 Å². The molecule has 22 heavy (non-hydrogen) atoms. The summed E-state index contributed by atoms with van der Waals surface area (Å²) in [6, 6.07) is 6.93. The molecule has 1 aliphatic rings. The van der Waals surface area contributed by atoms with Crippen molar-refractivity contribution in [3.8, 4) is 0 Å². The number of rotatable bonds is 4. The number of sulfonamides is 1. The first-order valence-corrected chi connectivity index (χ1v) is 8.27. The number of nitrogens with one attached hydrogen (secondary N) is 2. The molecule has 0 fully saturated rings. The topological polar surface area (TPSA) is 96.6 Å². The molecule has 0 saturated heterocycles. The highest BCUT2D eigenvalue weighted by atomic mass is 127. The summed E-state index contributed by atoms with van der Waals surface area (Å²) in [5, 5.41) is 11.6. The largest absolute Gasteiger partial charge is 0.353 e. The van der Waals surface area contributed by atoms with Crippen molar-refractivity contribution in [3.05, 3.63) is 42.0 Å². The monoisotopic (exact) mass is 436 g/mol. The summed E-state index contributed by atoms with van der Waals surface area (Å²) in [5.74, 6) is 0.699. The highest BCUT2D eigenvalue weighted by Crippen LogP contribution is 2.10. The van der Waals surface area contributed by atoms with Crippen LogP contribution in [0.3, 0.4) is 0 Å². The highest BCUT2D eigenvalue weighted by Gasteiger charge is 2.12. The van der Waals surface area contributed by atoms with Crippen molar-refractivity contribution in [2.24, 2.45) is 10.1 Å². The number of guanidine groups is 1. The maximum Gasteiger partial charge on any atom is 0.238 e. The molecular weight excluding hydrogens is 415 g/mol. The second-order valence-corrected chi connectivity index (χ2v) is 6.46. The third-order valence-electron chi connectivity index (χ3n) is 3.26. The summed E-state index contributed by atoms with van der Waals surface area (Å²) < 4.78 is 22.6. The van der Waals surface area contributed by atoms with E-state index in [9.17, 15) is 8.42 Å². The fourth-order valence-electron chi connectivity index (χ4n) is 2.14. The maximum atomic E-state index is 11.3. The molecule has 6 nitrogen and oxygen atoms in total. The summed E-state index contributed by atoms with van der Waals surface area (Å²) in [6.07, 6.45) is 6.25. The van der Waals surface area contributed by atoms with Gasteiger partial charge in [-0.1, -0.05) is 24.3 Å². The molecule has 8 heteroatoms. The summed E-state index contributed by atoms with van der Waals surface area (Å²) in [6.45, 7) is 0.475. The quantitative estimate of drug-likeness (QED) is 0.287. The van der Waals surface area contributed by atoms with Crippen LogP contribution >= 0.6 is 24.0 Å². The zero-order valence-electron chi connectivity index (χ0n) is 12.3. The first kappa shape index (κ1) is 18.9. The molecule has 0 spiro atoms. The van der Waals surface area contributed by atoms with E-state index in [0.29, 0.717) is 18.5 Å². The first-order valence-electron chi connectivity index (χ1n) is 6.73. The molecule has 0 saturated carbocycles. The minimum atomic E-state index is -3.67. The zero-order valence-corrected chi connectivity index (χ0v) is 15.5. The minimum absolute atomic E-state index is 0. The second-order valence-electron chi connectivity index (χ2n) is 4.90. The van der Waals surface area contributed by atoms with Gasteiger partial charge >= 0.3 is 0 Å². The van der Waals surface area contributed by atoms with Gasteiger partial charge in [0.1, 0.15) is 0 Å². The van der Waals surface area contributed by atoms with Crippen LogP contribution in [0.5, 0.6) is 0 Å². The molecule has 0 bridgehead atoms. The van der Waals surface area contributed by atoms with Crippen LogP contribution in [-0.2, 0) is 16.6 Å². The van der Waals surface area contributed by atoms with E-state index in [1.54, 1.807) is 19.2 Å². The molecule has 1 aromatic rings. The van der Waals surface area contributed by atoms with E-state index >= 15 is 0 Å². The highest BCUT2D eigenvalue weighted by molar-refractivity contribution is 14.0. The lowest BCUT2D eigenvalue weighted by atomic mass is 10.2. The maximum absolute atomic E-state index is 11.3. The van der Waals surface area contributed by atoms with E-state index in [1.807, 2.05) is 6.07 Å². The van der Waals surface area contributed by atoms with E-state index in [2.05, 4.69) is 27.8 Å². The fourth-order valence-corrected chi connectivity index (χ4v) is 2.73.